The van der Waals surface area contributed by atoms with Crippen molar-refractivity contribution in [2.45, 2.75) is 12.0 Å². The zero-order chi connectivity index (χ0) is 16.8. The Bertz CT molecular complexity index is 780. The molecule has 1 aromatic carbocycles. The molecule has 1 aromatic heterocycles. The summed E-state index contributed by atoms with van der Waals surface area (Å²) in [6.07, 6.45) is -4.82. The van der Waals surface area contributed by atoms with E-state index in [0.717, 1.165) is 12.1 Å². The van der Waals surface area contributed by atoms with Crippen LogP contribution in [0.25, 0.3) is 0 Å². The molecule has 120 valence electrons. The number of hydrogen-bond acceptors (Lipinski definition) is 4. The molecular formula is C14H8ClF3N2O3. The van der Waals surface area contributed by atoms with Gasteiger partial charge in [0.2, 0.25) is 0 Å². The van der Waals surface area contributed by atoms with E-state index in [1.54, 1.807) is 0 Å². The number of carbonyl (C=O) groups is 1. The fraction of sp³-hybridized carbons (Fsp3) is 0.143. The van der Waals surface area contributed by atoms with Gasteiger partial charge in [0.25, 0.3) is 5.91 Å². The minimum Gasteiger partial charge on any atom is -0.406 e. The third kappa shape index (κ3) is 2.71. The molecule has 0 spiro atoms. The smallest absolute Gasteiger partial charge is 0.406 e. The lowest BCUT2D eigenvalue weighted by atomic mass is 9.88. The topological polar surface area (TPSA) is 71.5 Å². The van der Waals surface area contributed by atoms with Crippen LogP contribution in [0.2, 0.25) is 5.15 Å². The van der Waals surface area contributed by atoms with E-state index >= 15 is 0 Å². The van der Waals surface area contributed by atoms with Crippen molar-refractivity contribution in [1.82, 2.24) is 4.98 Å². The van der Waals surface area contributed by atoms with E-state index in [1.807, 2.05) is 0 Å². The fourth-order valence-electron chi connectivity index (χ4n) is 2.33. The number of hydrogen-bond donors (Lipinski definition) is 2. The van der Waals surface area contributed by atoms with Crippen molar-refractivity contribution in [2.24, 2.45) is 0 Å². The van der Waals surface area contributed by atoms with Crippen molar-refractivity contribution in [3.8, 4) is 5.75 Å². The lowest BCUT2D eigenvalue weighted by Gasteiger charge is -2.21. The summed E-state index contributed by atoms with van der Waals surface area (Å²) in [5.41, 5.74) is -1.83. The molecule has 1 atom stereocenters. The number of nitrogens with zero attached hydrogens (tertiary/aromatic N) is 1. The van der Waals surface area contributed by atoms with Crippen LogP contribution < -0.4 is 10.1 Å². The first-order valence-electron chi connectivity index (χ1n) is 6.27. The number of pyridine rings is 1. The molecule has 3 rings (SSSR count). The Balaban J connectivity index is 2.00. The number of benzene rings is 1. The average molecular weight is 345 g/mol. The summed E-state index contributed by atoms with van der Waals surface area (Å²) in [7, 11) is 0. The second kappa shape index (κ2) is 5.10. The molecule has 2 aromatic rings. The quantitative estimate of drug-likeness (QED) is 0.822. The van der Waals surface area contributed by atoms with Gasteiger partial charge in [0.15, 0.2) is 5.60 Å². The van der Waals surface area contributed by atoms with Gasteiger partial charge in [0.1, 0.15) is 16.7 Å². The van der Waals surface area contributed by atoms with E-state index in [9.17, 15) is 23.1 Å². The predicted molar refractivity (Wildman–Crippen MR) is 74.0 cm³/mol. The number of rotatable bonds is 2. The lowest BCUT2D eigenvalue weighted by molar-refractivity contribution is -0.274. The highest BCUT2D eigenvalue weighted by molar-refractivity contribution is 6.29. The largest absolute Gasteiger partial charge is 0.573 e. The molecule has 2 N–H and O–H groups in total. The van der Waals surface area contributed by atoms with E-state index in [4.69, 9.17) is 11.6 Å². The fourth-order valence-corrected chi connectivity index (χ4v) is 2.47. The summed E-state index contributed by atoms with van der Waals surface area (Å²) in [5.74, 6) is -1.13. The maximum absolute atomic E-state index is 12.2. The number of carbonyl (C=O) groups excluding carboxylic acids is 1. The van der Waals surface area contributed by atoms with Crippen LogP contribution in [0.4, 0.5) is 19.0 Å². The molecule has 9 heteroatoms. The Morgan fingerprint density at radius 3 is 2.43 bits per heavy atom. The van der Waals surface area contributed by atoms with E-state index in [1.165, 1.54) is 24.3 Å². The van der Waals surface area contributed by atoms with E-state index in [0.29, 0.717) is 0 Å². The average Bonchev–Trinajstić information content (AvgIpc) is 2.70. The molecule has 0 aliphatic carbocycles. The second-order valence-electron chi connectivity index (χ2n) is 4.77. The Kier molecular flexibility index (Phi) is 3.46. The molecule has 2 heterocycles. The lowest BCUT2D eigenvalue weighted by Crippen LogP contribution is -2.35. The Labute approximate surface area is 132 Å². The first-order chi connectivity index (χ1) is 10.7. The third-order valence-electron chi connectivity index (χ3n) is 3.32. The maximum atomic E-state index is 12.2. The molecule has 1 aliphatic rings. The first kappa shape index (κ1) is 15.6. The second-order valence-corrected chi connectivity index (χ2v) is 5.15. The van der Waals surface area contributed by atoms with Crippen LogP contribution >= 0.6 is 11.6 Å². The molecule has 1 aliphatic heterocycles. The highest BCUT2D eigenvalue weighted by atomic mass is 35.5. The van der Waals surface area contributed by atoms with Crippen LogP contribution in [0, 0.1) is 0 Å². The summed E-state index contributed by atoms with van der Waals surface area (Å²) in [4.78, 5) is 16.0. The van der Waals surface area contributed by atoms with Gasteiger partial charge in [-0.3, -0.25) is 4.79 Å². The monoisotopic (exact) mass is 344 g/mol. The number of fused-ring (bicyclic) bond motifs is 1. The molecule has 1 amide bonds. The Hall–Kier alpha value is -2.32. The molecule has 23 heavy (non-hydrogen) atoms. The van der Waals surface area contributed by atoms with E-state index in [2.05, 4.69) is 15.0 Å². The van der Waals surface area contributed by atoms with Crippen LogP contribution in [-0.4, -0.2) is 22.4 Å². The van der Waals surface area contributed by atoms with Gasteiger partial charge in [0.05, 0.1) is 0 Å². The predicted octanol–water partition coefficient (Wildman–Crippen LogP) is 2.82. The summed E-state index contributed by atoms with van der Waals surface area (Å²) < 4.78 is 40.2. The van der Waals surface area contributed by atoms with Gasteiger partial charge < -0.3 is 15.2 Å². The summed E-state index contributed by atoms with van der Waals surface area (Å²) >= 11 is 5.73. The number of anilines is 1. The summed E-state index contributed by atoms with van der Waals surface area (Å²) in [6.45, 7) is 0. The van der Waals surface area contributed by atoms with Gasteiger partial charge >= 0.3 is 6.36 Å². The van der Waals surface area contributed by atoms with Gasteiger partial charge in [-0.15, -0.1) is 13.2 Å². The molecular weight excluding hydrogens is 337 g/mol. The minimum absolute atomic E-state index is 0.0763. The molecule has 0 saturated heterocycles. The SMILES string of the molecule is O=C1Nc2nc(Cl)ccc2C1(O)c1ccc(OC(F)(F)F)cc1. The van der Waals surface area contributed by atoms with Crippen molar-refractivity contribution in [1.29, 1.82) is 0 Å². The summed E-state index contributed by atoms with van der Waals surface area (Å²) in [6, 6.07) is 7.18. The molecule has 0 bridgehead atoms. The van der Waals surface area contributed by atoms with Crippen molar-refractivity contribution in [2.75, 3.05) is 5.32 Å². The van der Waals surface area contributed by atoms with E-state index in [-0.39, 0.29) is 22.1 Å². The van der Waals surface area contributed by atoms with E-state index < -0.39 is 23.6 Å². The van der Waals surface area contributed by atoms with Crippen molar-refractivity contribution < 1.29 is 27.8 Å². The zero-order valence-corrected chi connectivity index (χ0v) is 11.9. The van der Waals surface area contributed by atoms with Crippen molar-refractivity contribution in [3.05, 3.63) is 52.7 Å². The number of aliphatic hydroxyl groups is 1. The standard InChI is InChI=1S/C14H8ClF3N2O3/c15-10-6-5-9-11(19-10)20-12(21)13(9,22)7-1-3-8(4-2-7)23-14(16,17)18/h1-6,22H,(H,19,20,21). The van der Waals surface area contributed by atoms with Gasteiger partial charge in [0, 0.05) is 5.56 Å². The third-order valence-corrected chi connectivity index (χ3v) is 3.53. The first-order valence-corrected chi connectivity index (χ1v) is 6.65. The Morgan fingerprint density at radius 1 is 1.17 bits per heavy atom. The normalized spacial score (nSPS) is 20.1. The van der Waals surface area contributed by atoms with Gasteiger partial charge in [-0.1, -0.05) is 23.7 Å². The van der Waals surface area contributed by atoms with Crippen molar-refractivity contribution >= 4 is 23.3 Å². The van der Waals surface area contributed by atoms with Gasteiger partial charge in [-0.05, 0) is 29.8 Å². The molecule has 5 nitrogen and oxygen atoms in total. The van der Waals surface area contributed by atoms with Crippen LogP contribution in [0.5, 0.6) is 5.75 Å². The highest BCUT2D eigenvalue weighted by Crippen LogP contribution is 2.40. The van der Waals surface area contributed by atoms with Gasteiger partial charge in [-0.25, -0.2) is 4.98 Å². The maximum Gasteiger partial charge on any atom is 0.573 e. The highest BCUT2D eigenvalue weighted by Gasteiger charge is 2.47. The zero-order valence-electron chi connectivity index (χ0n) is 11.2. The van der Waals surface area contributed by atoms with Crippen LogP contribution in [-0.2, 0) is 10.4 Å². The molecule has 1 unspecified atom stereocenters. The molecule has 0 fully saturated rings. The Morgan fingerprint density at radius 2 is 1.83 bits per heavy atom. The number of amides is 1. The summed E-state index contributed by atoms with van der Waals surface area (Å²) in [5, 5.41) is 13.3. The van der Waals surface area contributed by atoms with Crippen LogP contribution in [0.15, 0.2) is 36.4 Å². The van der Waals surface area contributed by atoms with Crippen molar-refractivity contribution in [3.63, 3.8) is 0 Å². The van der Waals surface area contributed by atoms with Crippen LogP contribution in [0.1, 0.15) is 11.1 Å². The molecule has 0 radical (unpaired) electrons. The minimum atomic E-state index is -4.82. The molecule has 0 saturated carbocycles. The van der Waals surface area contributed by atoms with Crippen LogP contribution in [0.3, 0.4) is 0 Å². The van der Waals surface area contributed by atoms with Gasteiger partial charge in [-0.2, -0.15) is 0 Å². The number of nitrogens with one attached hydrogen (secondary N) is 1. The number of aromatic nitrogens is 1. The number of ether oxygens (including phenoxy) is 1. The number of halogens is 4. The number of alkyl halides is 3.